The summed E-state index contributed by atoms with van der Waals surface area (Å²) in [5, 5.41) is 0. The Bertz CT molecular complexity index is 516. The number of rotatable bonds is 3. The van der Waals surface area contributed by atoms with E-state index in [0.29, 0.717) is 0 Å². The molecule has 0 saturated carbocycles. The fraction of sp³-hybridized carbons (Fsp3) is 0.353. The summed E-state index contributed by atoms with van der Waals surface area (Å²) in [6, 6.07) is 15.7. The van der Waals surface area contributed by atoms with E-state index in [1.54, 1.807) is 0 Å². The molecule has 0 atom stereocenters. The molecule has 0 spiro atoms. The van der Waals surface area contributed by atoms with E-state index < -0.39 is 0 Å². The van der Waals surface area contributed by atoms with E-state index in [0.717, 1.165) is 12.2 Å². The van der Waals surface area contributed by atoms with Crippen LogP contribution in [-0.2, 0) is 6.54 Å². The predicted molar refractivity (Wildman–Crippen MR) is 77.6 cm³/mol. The summed E-state index contributed by atoms with van der Waals surface area (Å²) in [5.74, 6) is 0. The molecule has 2 nitrogen and oxygen atoms in total. The zero-order valence-corrected chi connectivity index (χ0v) is 11.2. The molecule has 1 aliphatic heterocycles. The van der Waals surface area contributed by atoms with Crippen LogP contribution in [0.15, 0.2) is 42.6 Å². The highest BCUT2D eigenvalue weighted by atomic mass is 15.1. The summed E-state index contributed by atoms with van der Waals surface area (Å²) in [7, 11) is 0. The molecule has 0 N–H and O–H groups in total. The summed E-state index contributed by atoms with van der Waals surface area (Å²) in [6.45, 7) is 3.42. The van der Waals surface area contributed by atoms with Crippen LogP contribution in [0.5, 0.6) is 0 Å². The maximum atomic E-state index is 4.46. The Morgan fingerprint density at radius 1 is 1.05 bits per heavy atom. The van der Waals surface area contributed by atoms with Crippen molar-refractivity contribution in [2.75, 3.05) is 13.1 Å². The number of hydrogen-bond acceptors (Lipinski definition) is 2. The first-order valence-corrected chi connectivity index (χ1v) is 7.07. The fourth-order valence-electron chi connectivity index (χ4n) is 2.71. The smallest absolute Gasteiger partial charge is 0.0705 e. The zero-order chi connectivity index (χ0) is 12.9. The Hall–Kier alpha value is -1.67. The van der Waals surface area contributed by atoms with Gasteiger partial charge in [0.1, 0.15) is 0 Å². The maximum Gasteiger partial charge on any atom is 0.0705 e. The van der Waals surface area contributed by atoms with Crippen molar-refractivity contribution in [2.45, 2.75) is 25.8 Å². The molecule has 1 aromatic heterocycles. The fourth-order valence-corrected chi connectivity index (χ4v) is 2.71. The van der Waals surface area contributed by atoms with Crippen LogP contribution in [0.4, 0.5) is 0 Å². The minimum absolute atomic E-state index is 0.993. The van der Waals surface area contributed by atoms with Crippen LogP contribution >= 0.6 is 0 Å². The average Bonchev–Trinajstić information content (AvgIpc) is 2.50. The topological polar surface area (TPSA) is 16.1 Å². The van der Waals surface area contributed by atoms with Gasteiger partial charge in [0.2, 0.25) is 0 Å². The summed E-state index contributed by atoms with van der Waals surface area (Å²) in [5.41, 5.74) is 3.53. The number of benzene rings is 1. The zero-order valence-electron chi connectivity index (χ0n) is 11.2. The van der Waals surface area contributed by atoms with Gasteiger partial charge < -0.3 is 0 Å². The molecule has 0 aliphatic carbocycles. The van der Waals surface area contributed by atoms with Gasteiger partial charge in [-0.15, -0.1) is 0 Å². The summed E-state index contributed by atoms with van der Waals surface area (Å²) >= 11 is 0. The number of likely N-dealkylation sites (tertiary alicyclic amines) is 1. The third-order valence-corrected chi connectivity index (χ3v) is 3.71. The molecular weight excluding hydrogens is 232 g/mol. The number of pyridine rings is 1. The van der Waals surface area contributed by atoms with E-state index in [9.17, 15) is 0 Å². The molecule has 2 heterocycles. The Kier molecular flexibility index (Phi) is 3.89. The summed E-state index contributed by atoms with van der Waals surface area (Å²) < 4.78 is 0. The van der Waals surface area contributed by atoms with Gasteiger partial charge in [-0.1, -0.05) is 30.7 Å². The molecule has 19 heavy (non-hydrogen) atoms. The van der Waals surface area contributed by atoms with E-state index in [2.05, 4.69) is 28.1 Å². The molecular formula is C17H19N2. The van der Waals surface area contributed by atoms with Gasteiger partial charge in [0.15, 0.2) is 0 Å². The van der Waals surface area contributed by atoms with Crippen molar-refractivity contribution in [3.05, 3.63) is 54.2 Å². The van der Waals surface area contributed by atoms with Gasteiger partial charge in [-0.25, -0.2) is 0 Å². The number of aromatic nitrogens is 1. The normalized spacial score (nSPS) is 16.4. The van der Waals surface area contributed by atoms with E-state index in [4.69, 9.17) is 0 Å². The number of nitrogens with zero attached hydrogens (tertiary/aromatic N) is 2. The molecule has 97 valence electrons. The molecule has 1 fully saturated rings. The van der Waals surface area contributed by atoms with Crippen LogP contribution in [0.1, 0.15) is 24.8 Å². The van der Waals surface area contributed by atoms with Gasteiger partial charge in [-0.3, -0.25) is 9.88 Å². The first kappa shape index (κ1) is 12.4. The maximum absolute atomic E-state index is 4.46. The highest BCUT2D eigenvalue weighted by Crippen LogP contribution is 2.23. The van der Waals surface area contributed by atoms with Gasteiger partial charge >= 0.3 is 0 Å². The SMILES string of the molecule is [c]1cccc(-c2ccccn2)c1CN1CCCCC1. The number of hydrogen-bond donors (Lipinski definition) is 0. The lowest BCUT2D eigenvalue weighted by atomic mass is 10.0. The van der Waals surface area contributed by atoms with Crippen LogP contribution in [0.25, 0.3) is 11.3 Å². The van der Waals surface area contributed by atoms with Crippen molar-refractivity contribution < 1.29 is 0 Å². The van der Waals surface area contributed by atoms with E-state index in [1.165, 1.54) is 43.5 Å². The molecule has 1 aromatic carbocycles. The molecule has 1 radical (unpaired) electrons. The van der Waals surface area contributed by atoms with Crippen molar-refractivity contribution in [1.29, 1.82) is 0 Å². The van der Waals surface area contributed by atoms with Crippen LogP contribution in [0, 0.1) is 6.07 Å². The van der Waals surface area contributed by atoms with E-state index in [1.807, 2.05) is 30.5 Å². The van der Waals surface area contributed by atoms with Crippen molar-refractivity contribution in [3.8, 4) is 11.3 Å². The van der Waals surface area contributed by atoms with E-state index >= 15 is 0 Å². The van der Waals surface area contributed by atoms with Crippen molar-refractivity contribution >= 4 is 0 Å². The van der Waals surface area contributed by atoms with Crippen molar-refractivity contribution in [2.24, 2.45) is 0 Å². The second-order valence-electron chi connectivity index (χ2n) is 5.11. The van der Waals surface area contributed by atoms with Gasteiger partial charge in [0, 0.05) is 18.3 Å². The van der Waals surface area contributed by atoms with E-state index in [-0.39, 0.29) is 0 Å². The largest absolute Gasteiger partial charge is 0.299 e. The predicted octanol–water partition coefficient (Wildman–Crippen LogP) is 3.53. The van der Waals surface area contributed by atoms with Gasteiger partial charge in [0.25, 0.3) is 0 Å². The lowest BCUT2D eigenvalue weighted by molar-refractivity contribution is 0.221. The highest BCUT2D eigenvalue weighted by Gasteiger charge is 2.13. The second kappa shape index (κ2) is 5.98. The van der Waals surface area contributed by atoms with Crippen molar-refractivity contribution in [1.82, 2.24) is 9.88 Å². The first-order chi connectivity index (χ1) is 9.43. The summed E-state index contributed by atoms with van der Waals surface area (Å²) in [6.07, 6.45) is 5.88. The van der Waals surface area contributed by atoms with Crippen LogP contribution in [0.2, 0.25) is 0 Å². The third kappa shape index (κ3) is 3.02. The van der Waals surface area contributed by atoms with Gasteiger partial charge in [0.05, 0.1) is 5.69 Å². The quantitative estimate of drug-likeness (QED) is 0.829. The first-order valence-electron chi connectivity index (χ1n) is 7.07. The Morgan fingerprint density at radius 2 is 1.95 bits per heavy atom. The van der Waals surface area contributed by atoms with Gasteiger partial charge in [-0.2, -0.15) is 0 Å². The third-order valence-electron chi connectivity index (χ3n) is 3.71. The van der Waals surface area contributed by atoms with Crippen LogP contribution in [-0.4, -0.2) is 23.0 Å². The average molecular weight is 251 g/mol. The molecule has 2 heteroatoms. The second-order valence-corrected chi connectivity index (χ2v) is 5.11. The molecule has 0 bridgehead atoms. The minimum atomic E-state index is 0.993. The molecule has 0 unspecified atom stereocenters. The number of piperidine rings is 1. The monoisotopic (exact) mass is 251 g/mol. The summed E-state index contributed by atoms with van der Waals surface area (Å²) in [4.78, 5) is 6.99. The van der Waals surface area contributed by atoms with Crippen molar-refractivity contribution in [3.63, 3.8) is 0 Å². The molecule has 0 amide bonds. The standard InChI is InChI=1S/C17H19N2/c1-6-12-19(13-7-1)14-15-8-2-3-9-16(15)17-10-4-5-11-18-17/h2-5,9-11H,1,6-7,12-14H2. The molecule has 3 rings (SSSR count). The lowest BCUT2D eigenvalue weighted by Crippen LogP contribution is -2.29. The highest BCUT2D eigenvalue weighted by molar-refractivity contribution is 5.63. The lowest BCUT2D eigenvalue weighted by Gasteiger charge is -2.27. The Morgan fingerprint density at radius 3 is 2.74 bits per heavy atom. The van der Waals surface area contributed by atoms with Gasteiger partial charge in [-0.05, 0) is 49.7 Å². The minimum Gasteiger partial charge on any atom is -0.299 e. The Labute approximate surface area is 115 Å². The molecule has 1 aliphatic rings. The van der Waals surface area contributed by atoms with Crippen LogP contribution < -0.4 is 0 Å². The van der Waals surface area contributed by atoms with Crippen LogP contribution in [0.3, 0.4) is 0 Å². The molecule has 2 aromatic rings. The molecule has 1 saturated heterocycles. The Balaban J connectivity index is 1.85.